The topological polar surface area (TPSA) is 43.1 Å². The van der Waals surface area contributed by atoms with Gasteiger partial charge < -0.3 is 5.73 Å². The summed E-state index contributed by atoms with van der Waals surface area (Å²) in [5, 5.41) is 0. The van der Waals surface area contributed by atoms with Gasteiger partial charge in [0.05, 0.1) is 0 Å². The zero-order valence-electron chi connectivity index (χ0n) is 10.3. The molecule has 16 heavy (non-hydrogen) atoms. The standard InChI is InChI=1S/C14H25NO/c15-13-9-7-12(8-10-13)14(16)11-5-3-1-2-4-6-11/h11-13H,1-10,15H2. The van der Waals surface area contributed by atoms with E-state index in [4.69, 9.17) is 5.73 Å². The Bertz CT molecular complexity index is 223. The van der Waals surface area contributed by atoms with Crippen LogP contribution in [0, 0.1) is 11.8 Å². The molecular formula is C14H25NO. The second-order valence-corrected chi connectivity index (χ2v) is 5.70. The van der Waals surface area contributed by atoms with Crippen molar-refractivity contribution in [1.82, 2.24) is 0 Å². The highest BCUT2D eigenvalue weighted by Gasteiger charge is 2.29. The van der Waals surface area contributed by atoms with Crippen LogP contribution in [0.2, 0.25) is 0 Å². The highest BCUT2D eigenvalue weighted by Crippen LogP contribution is 2.31. The van der Waals surface area contributed by atoms with E-state index in [2.05, 4.69) is 0 Å². The molecule has 0 amide bonds. The summed E-state index contributed by atoms with van der Waals surface area (Å²) < 4.78 is 0. The van der Waals surface area contributed by atoms with Crippen molar-refractivity contribution in [2.75, 3.05) is 0 Å². The van der Waals surface area contributed by atoms with Crippen LogP contribution in [0.1, 0.15) is 64.2 Å². The molecule has 0 radical (unpaired) electrons. The first kappa shape index (κ1) is 12.1. The molecule has 0 aromatic carbocycles. The number of nitrogens with two attached hydrogens (primary N) is 1. The minimum absolute atomic E-state index is 0.350. The second-order valence-electron chi connectivity index (χ2n) is 5.70. The summed E-state index contributed by atoms with van der Waals surface area (Å²) >= 11 is 0. The Morgan fingerprint density at radius 1 is 0.750 bits per heavy atom. The first-order valence-electron chi connectivity index (χ1n) is 7.06. The molecular weight excluding hydrogens is 198 g/mol. The molecule has 92 valence electrons. The third kappa shape index (κ3) is 3.07. The molecule has 0 unspecified atom stereocenters. The lowest BCUT2D eigenvalue weighted by Crippen LogP contribution is -2.32. The molecule has 2 heteroatoms. The average Bonchev–Trinajstić information content (AvgIpc) is 2.57. The fraction of sp³-hybridized carbons (Fsp3) is 0.929. The van der Waals surface area contributed by atoms with Crippen LogP contribution < -0.4 is 5.73 Å². The molecule has 0 aliphatic heterocycles. The summed E-state index contributed by atoms with van der Waals surface area (Å²) in [4.78, 5) is 12.4. The zero-order chi connectivity index (χ0) is 11.4. The van der Waals surface area contributed by atoms with Gasteiger partial charge in [-0.1, -0.05) is 25.7 Å². The van der Waals surface area contributed by atoms with E-state index in [-0.39, 0.29) is 0 Å². The summed E-state index contributed by atoms with van der Waals surface area (Å²) in [7, 11) is 0. The summed E-state index contributed by atoms with van der Waals surface area (Å²) in [6.07, 6.45) is 11.7. The summed E-state index contributed by atoms with van der Waals surface area (Å²) in [6.45, 7) is 0. The van der Waals surface area contributed by atoms with E-state index in [1.807, 2.05) is 0 Å². The van der Waals surface area contributed by atoms with Gasteiger partial charge in [0, 0.05) is 17.9 Å². The molecule has 0 saturated heterocycles. The SMILES string of the molecule is NC1CCC(C(=O)C2CCCCCC2)CC1. The maximum atomic E-state index is 12.4. The van der Waals surface area contributed by atoms with E-state index in [9.17, 15) is 4.79 Å². The minimum Gasteiger partial charge on any atom is -0.328 e. The molecule has 2 aliphatic rings. The summed E-state index contributed by atoms with van der Waals surface area (Å²) in [5.41, 5.74) is 5.89. The van der Waals surface area contributed by atoms with E-state index in [0.717, 1.165) is 38.5 Å². The predicted molar refractivity (Wildman–Crippen MR) is 66.1 cm³/mol. The van der Waals surface area contributed by atoms with Crippen LogP contribution in [0.15, 0.2) is 0 Å². The lowest BCUT2D eigenvalue weighted by Gasteiger charge is -2.27. The van der Waals surface area contributed by atoms with Gasteiger partial charge in [-0.05, 0) is 38.5 Å². The van der Waals surface area contributed by atoms with Crippen LogP contribution in [0.3, 0.4) is 0 Å². The smallest absolute Gasteiger partial charge is 0.139 e. The first-order chi connectivity index (χ1) is 7.77. The van der Waals surface area contributed by atoms with E-state index in [1.54, 1.807) is 0 Å². The number of carbonyl (C=O) groups excluding carboxylic acids is 1. The van der Waals surface area contributed by atoms with Crippen molar-refractivity contribution >= 4 is 5.78 Å². The van der Waals surface area contributed by atoms with E-state index in [1.165, 1.54) is 25.7 Å². The van der Waals surface area contributed by atoms with Gasteiger partial charge in [0.15, 0.2) is 0 Å². The Hall–Kier alpha value is -0.370. The average molecular weight is 223 g/mol. The van der Waals surface area contributed by atoms with Gasteiger partial charge in [0.1, 0.15) is 5.78 Å². The Morgan fingerprint density at radius 2 is 1.25 bits per heavy atom. The van der Waals surface area contributed by atoms with Gasteiger partial charge in [-0.2, -0.15) is 0 Å². The molecule has 0 atom stereocenters. The van der Waals surface area contributed by atoms with Crippen molar-refractivity contribution in [1.29, 1.82) is 0 Å². The Labute approximate surface area is 99.0 Å². The van der Waals surface area contributed by atoms with E-state index < -0.39 is 0 Å². The van der Waals surface area contributed by atoms with Gasteiger partial charge >= 0.3 is 0 Å². The molecule has 0 aromatic rings. The van der Waals surface area contributed by atoms with E-state index in [0.29, 0.717) is 23.7 Å². The molecule has 2 saturated carbocycles. The van der Waals surface area contributed by atoms with Crippen molar-refractivity contribution in [3.8, 4) is 0 Å². The Balaban J connectivity index is 1.85. The van der Waals surface area contributed by atoms with Gasteiger partial charge in [0.25, 0.3) is 0 Å². The van der Waals surface area contributed by atoms with Crippen molar-refractivity contribution < 1.29 is 4.79 Å². The van der Waals surface area contributed by atoms with Gasteiger partial charge in [-0.15, -0.1) is 0 Å². The molecule has 0 aromatic heterocycles. The lowest BCUT2D eigenvalue weighted by atomic mass is 9.78. The van der Waals surface area contributed by atoms with Crippen molar-refractivity contribution in [3.05, 3.63) is 0 Å². The monoisotopic (exact) mass is 223 g/mol. The Kier molecular flexibility index (Phi) is 4.39. The maximum Gasteiger partial charge on any atom is 0.139 e. The third-order valence-electron chi connectivity index (χ3n) is 4.43. The van der Waals surface area contributed by atoms with Crippen LogP contribution >= 0.6 is 0 Å². The largest absolute Gasteiger partial charge is 0.328 e. The summed E-state index contributed by atoms with van der Waals surface area (Å²) in [6, 6.07) is 0.359. The normalized spacial score (nSPS) is 33.3. The maximum absolute atomic E-state index is 12.4. The highest BCUT2D eigenvalue weighted by atomic mass is 16.1. The second kappa shape index (κ2) is 5.81. The fourth-order valence-electron chi connectivity index (χ4n) is 3.30. The van der Waals surface area contributed by atoms with Crippen LogP contribution in [-0.2, 0) is 4.79 Å². The molecule has 0 heterocycles. The number of carbonyl (C=O) groups is 1. The third-order valence-corrected chi connectivity index (χ3v) is 4.43. The fourth-order valence-corrected chi connectivity index (χ4v) is 3.30. The summed E-state index contributed by atoms with van der Waals surface area (Å²) in [5.74, 6) is 1.32. The zero-order valence-corrected chi connectivity index (χ0v) is 10.3. The molecule has 2 aliphatic carbocycles. The van der Waals surface area contributed by atoms with Crippen LogP contribution in [-0.4, -0.2) is 11.8 Å². The number of hydrogen-bond acceptors (Lipinski definition) is 2. The van der Waals surface area contributed by atoms with E-state index >= 15 is 0 Å². The minimum atomic E-state index is 0.350. The van der Waals surface area contributed by atoms with Crippen LogP contribution in [0.5, 0.6) is 0 Å². The van der Waals surface area contributed by atoms with Crippen molar-refractivity contribution in [2.45, 2.75) is 70.3 Å². The Morgan fingerprint density at radius 3 is 1.81 bits per heavy atom. The number of rotatable bonds is 2. The molecule has 0 bridgehead atoms. The first-order valence-corrected chi connectivity index (χ1v) is 7.06. The highest BCUT2D eigenvalue weighted by molar-refractivity contribution is 5.83. The van der Waals surface area contributed by atoms with Gasteiger partial charge in [0.2, 0.25) is 0 Å². The number of Topliss-reactive ketones (excluding diaryl/α,β-unsaturated/α-hetero) is 1. The lowest BCUT2D eigenvalue weighted by molar-refractivity contribution is -0.128. The molecule has 2 N–H and O–H groups in total. The number of hydrogen-bond donors (Lipinski definition) is 1. The molecule has 2 nitrogen and oxygen atoms in total. The van der Waals surface area contributed by atoms with Crippen molar-refractivity contribution in [2.24, 2.45) is 17.6 Å². The van der Waals surface area contributed by atoms with Gasteiger partial charge in [-0.3, -0.25) is 4.79 Å². The quantitative estimate of drug-likeness (QED) is 0.731. The van der Waals surface area contributed by atoms with Crippen LogP contribution in [0.4, 0.5) is 0 Å². The number of ketones is 1. The van der Waals surface area contributed by atoms with Crippen molar-refractivity contribution in [3.63, 3.8) is 0 Å². The molecule has 2 rings (SSSR count). The molecule has 2 fully saturated rings. The van der Waals surface area contributed by atoms with Crippen LogP contribution in [0.25, 0.3) is 0 Å². The van der Waals surface area contributed by atoms with Gasteiger partial charge in [-0.25, -0.2) is 0 Å². The molecule has 0 spiro atoms. The predicted octanol–water partition coefficient (Wildman–Crippen LogP) is 3.04.